The third kappa shape index (κ3) is 4.09. The Hall–Kier alpha value is -1.88. The van der Waals surface area contributed by atoms with Gasteiger partial charge in [0, 0.05) is 13.1 Å². The van der Waals surface area contributed by atoms with Crippen molar-refractivity contribution in [3.63, 3.8) is 0 Å². The van der Waals surface area contributed by atoms with Crippen LogP contribution < -0.4 is 0 Å². The van der Waals surface area contributed by atoms with E-state index in [1.165, 1.54) is 10.2 Å². The molecular formula is C17H24N4O5. The lowest BCUT2D eigenvalue weighted by atomic mass is 9.98. The number of aliphatic hydroxyl groups is 4. The van der Waals surface area contributed by atoms with E-state index in [-0.39, 0.29) is 0 Å². The first-order valence-electron chi connectivity index (χ1n) is 8.43. The molecule has 9 nitrogen and oxygen atoms in total. The first kappa shape index (κ1) is 18.9. The molecule has 1 aliphatic rings. The van der Waals surface area contributed by atoms with Crippen molar-refractivity contribution in [2.75, 3.05) is 13.7 Å². The van der Waals surface area contributed by atoms with Gasteiger partial charge in [-0.2, -0.15) is 0 Å². The first-order chi connectivity index (χ1) is 12.5. The Morgan fingerprint density at radius 3 is 2.50 bits per heavy atom. The van der Waals surface area contributed by atoms with Gasteiger partial charge in [0.05, 0.1) is 18.5 Å². The standard InChI is InChI=1S/C17H24N4O5/c1-20(7-11-5-3-2-4-6-11)8-12-9-21(19-18-12)17-16(25)15(24)14(23)13(10-22)26-17/h2-6,9,13-17,22-25H,7-8,10H2,1H3/t13-,14-,15+,16-,17?/m1/s1. The van der Waals surface area contributed by atoms with Crippen LogP contribution in [0.1, 0.15) is 17.5 Å². The number of hydrogen-bond donors (Lipinski definition) is 4. The Labute approximate surface area is 151 Å². The number of hydrogen-bond acceptors (Lipinski definition) is 8. The van der Waals surface area contributed by atoms with E-state index < -0.39 is 37.3 Å². The van der Waals surface area contributed by atoms with Crippen molar-refractivity contribution in [2.24, 2.45) is 0 Å². The number of ether oxygens (including phenoxy) is 1. The molecule has 0 amide bonds. The summed E-state index contributed by atoms with van der Waals surface area (Å²) in [5, 5.41) is 47.2. The first-order valence-corrected chi connectivity index (χ1v) is 8.43. The van der Waals surface area contributed by atoms with Gasteiger partial charge in [-0.1, -0.05) is 35.5 Å². The van der Waals surface area contributed by atoms with Gasteiger partial charge in [-0.3, -0.25) is 4.90 Å². The average molecular weight is 364 g/mol. The zero-order valence-corrected chi connectivity index (χ0v) is 14.5. The molecular weight excluding hydrogens is 340 g/mol. The molecule has 2 aromatic rings. The Kier molecular flexibility index (Phi) is 5.97. The summed E-state index contributed by atoms with van der Waals surface area (Å²) in [7, 11) is 1.96. The van der Waals surface area contributed by atoms with Crippen LogP contribution in [0, 0.1) is 0 Å². The molecule has 9 heteroatoms. The quantitative estimate of drug-likeness (QED) is 0.508. The summed E-state index contributed by atoms with van der Waals surface area (Å²) in [6.45, 7) is 0.795. The zero-order valence-electron chi connectivity index (χ0n) is 14.5. The Morgan fingerprint density at radius 1 is 1.08 bits per heavy atom. The molecule has 5 atom stereocenters. The fraction of sp³-hybridized carbons (Fsp3) is 0.529. The number of rotatable bonds is 6. The molecule has 0 spiro atoms. The Morgan fingerprint density at radius 2 is 1.81 bits per heavy atom. The van der Waals surface area contributed by atoms with Gasteiger partial charge in [0.2, 0.25) is 0 Å². The van der Waals surface area contributed by atoms with Crippen molar-refractivity contribution in [2.45, 2.75) is 43.7 Å². The molecule has 1 fully saturated rings. The molecule has 1 saturated heterocycles. The smallest absolute Gasteiger partial charge is 0.180 e. The molecule has 4 N–H and O–H groups in total. The van der Waals surface area contributed by atoms with Gasteiger partial charge in [-0.25, -0.2) is 4.68 Å². The van der Waals surface area contributed by atoms with Gasteiger partial charge in [0.15, 0.2) is 6.23 Å². The minimum atomic E-state index is -1.45. The van der Waals surface area contributed by atoms with E-state index in [1.54, 1.807) is 6.20 Å². The number of aliphatic hydroxyl groups excluding tert-OH is 4. The summed E-state index contributed by atoms with van der Waals surface area (Å²) < 4.78 is 6.77. The van der Waals surface area contributed by atoms with Gasteiger partial charge in [0.1, 0.15) is 24.4 Å². The number of nitrogens with zero attached hydrogens (tertiary/aromatic N) is 4. The van der Waals surface area contributed by atoms with E-state index in [0.29, 0.717) is 12.2 Å². The van der Waals surface area contributed by atoms with E-state index >= 15 is 0 Å². The monoisotopic (exact) mass is 364 g/mol. The van der Waals surface area contributed by atoms with Gasteiger partial charge in [0.25, 0.3) is 0 Å². The molecule has 3 rings (SSSR count). The topological polar surface area (TPSA) is 124 Å². The average Bonchev–Trinajstić information content (AvgIpc) is 3.09. The third-order valence-electron chi connectivity index (χ3n) is 4.41. The summed E-state index contributed by atoms with van der Waals surface area (Å²) in [6, 6.07) is 10.0. The van der Waals surface area contributed by atoms with Crippen LogP contribution in [0.25, 0.3) is 0 Å². The summed E-state index contributed by atoms with van der Waals surface area (Å²) in [5.41, 5.74) is 1.84. The van der Waals surface area contributed by atoms with Crippen LogP contribution in [0.4, 0.5) is 0 Å². The largest absolute Gasteiger partial charge is 0.394 e. The lowest BCUT2D eigenvalue weighted by molar-refractivity contribution is -0.254. The highest BCUT2D eigenvalue weighted by molar-refractivity contribution is 5.14. The Balaban J connectivity index is 1.65. The maximum Gasteiger partial charge on any atom is 0.180 e. The second kappa shape index (κ2) is 8.21. The maximum atomic E-state index is 10.1. The SMILES string of the molecule is CN(Cc1ccccc1)Cc1cn(C2O[C@H](CO)[C@@H](O)[C@H](O)[C@H]2O)nn1. The Bertz CT molecular complexity index is 695. The van der Waals surface area contributed by atoms with Crippen LogP contribution in [0.3, 0.4) is 0 Å². The fourth-order valence-corrected chi connectivity index (χ4v) is 3.04. The highest BCUT2D eigenvalue weighted by Gasteiger charge is 2.44. The number of benzene rings is 1. The van der Waals surface area contributed by atoms with Crippen LogP contribution >= 0.6 is 0 Å². The van der Waals surface area contributed by atoms with Crippen LogP contribution in [-0.2, 0) is 17.8 Å². The molecule has 0 aliphatic carbocycles. The summed E-state index contributed by atoms with van der Waals surface area (Å²) in [4.78, 5) is 2.07. The minimum absolute atomic E-state index is 0.483. The summed E-state index contributed by atoms with van der Waals surface area (Å²) in [5.74, 6) is 0. The molecule has 0 radical (unpaired) electrons. The van der Waals surface area contributed by atoms with Crippen LogP contribution in [0.5, 0.6) is 0 Å². The van der Waals surface area contributed by atoms with Crippen molar-refractivity contribution in [1.82, 2.24) is 19.9 Å². The van der Waals surface area contributed by atoms with Crippen LogP contribution in [-0.4, -0.2) is 78.4 Å². The molecule has 142 valence electrons. The predicted octanol–water partition coefficient (Wildman–Crippen LogP) is -1.12. The fourth-order valence-electron chi connectivity index (χ4n) is 3.04. The van der Waals surface area contributed by atoms with Gasteiger partial charge < -0.3 is 25.2 Å². The molecule has 1 aliphatic heterocycles. The predicted molar refractivity (Wildman–Crippen MR) is 90.7 cm³/mol. The molecule has 1 aromatic carbocycles. The third-order valence-corrected chi connectivity index (χ3v) is 4.41. The van der Waals surface area contributed by atoms with Crippen molar-refractivity contribution in [3.05, 3.63) is 47.8 Å². The van der Waals surface area contributed by atoms with Gasteiger partial charge in [-0.05, 0) is 12.6 Å². The van der Waals surface area contributed by atoms with Crippen LogP contribution in [0.2, 0.25) is 0 Å². The van der Waals surface area contributed by atoms with Crippen LogP contribution in [0.15, 0.2) is 36.5 Å². The minimum Gasteiger partial charge on any atom is -0.394 e. The van der Waals surface area contributed by atoms with Crippen molar-refractivity contribution < 1.29 is 25.2 Å². The van der Waals surface area contributed by atoms with E-state index in [4.69, 9.17) is 4.74 Å². The van der Waals surface area contributed by atoms with Crippen molar-refractivity contribution in [3.8, 4) is 0 Å². The lowest BCUT2D eigenvalue weighted by Gasteiger charge is -2.39. The lowest BCUT2D eigenvalue weighted by Crippen LogP contribution is -2.56. The van der Waals surface area contributed by atoms with Gasteiger partial charge >= 0.3 is 0 Å². The zero-order chi connectivity index (χ0) is 18.7. The molecule has 2 heterocycles. The van der Waals surface area contributed by atoms with E-state index in [2.05, 4.69) is 15.2 Å². The maximum absolute atomic E-state index is 10.1. The van der Waals surface area contributed by atoms with E-state index in [1.807, 2.05) is 37.4 Å². The van der Waals surface area contributed by atoms with E-state index in [0.717, 1.165) is 6.54 Å². The van der Waals surface area contributed by atoms with Crippen molar-refractivity contribution >= 4 is 0 Å². The summed E-state index contributed by atoms with van der Waals surface area (Å²) in [6.07, 6.45) is -4.62. The highest BCUT2D eigenvalue weighted by Crippen LogP contribution is 2.27. The van der Waals surface area contributed by atoms with Gasteiger partial charge in [-0.15, -0.1) is 5.10 Å². The molecule has 1 unspecified atom stereocenters. The number of aromatic nitrogens is 3. The second-order valence-electron chi connectivity index (χ2n) is 6.57. The molecule has 0 saturated carbocycles. The molecule has 0 bridgehead atoms. The van der Waals surface area contributed by atoms with Crippen molar-refractivity contribution in [1.29, 1.82) is 0 Å². The molecule has 1 aromatic heterocycles. The molecule has 26 heavy (non-hydrogen) atoms. The summed E-state index contributed by atoms with van der Waals surface area (Å²) >= 11 is 0. The van der Waals surface area contributed by atoms with E-state index in [9.17, 15) is 20.4 Å². The highest BCUT2D eigenvalue weighted by atomic mass is 16.6. The second-order valence-corrected chi connectivity index (χ2v) is 6.57. The normalized spacial score (nSPS) is 29.2.